The molecule has 0 aliphatic heterocycles. The summed E-state index contributed by atoms with van der Waals surface area (Å²) in [5.74, 6) is -0.924. The Morgan fingerprint density at radius 1 is 1.80 bits per heavy atom. The molecule has 0 unspecified atom stereocenters. The first-order valence-corrected chi connectivity index (χ1v) is 2.68. The van der Waals surface area contributed by atoms with Crippen LogP contribution >= 0.6 is 0 Å². The van der Waals surface area contributed by atoms with Crippen LogP contribution in [-0.2, 0) is 0 Å². The van der Waals surface area contributed by atoms with Crippen LogP contribution < -0.4 is 5.73 Å². The monoisotopic (exact) mass is 144 g/mol. The third-order valence-corrected chi connectivity index (χ3v) is 1.12. The zero-order valence-corrected chi connectivity index (χ0v) is 5.13. The fourth-order valence-electron chi connectivity index (χ4n) is 0.619. The summed E-state index contributed by atoms with van der Waals surface area (Å²) in [5, 5.41) is 0.693. The molecule has 0 fully saturated rings. The molecule has 0 bridgehead atoms. The molecule has 0 atom stereocenters. The third-order valence-electron chi connectivity index (χ3n) is 1.12. The molecule has 52 valence electrons. The van der Waals surface area contributed by atoms with Crippen LogP contribution in [0.1, 0.15) is 11.7 Å². The lowest BCUT2D eigenvalue weighted by Gasteiger charge is -1.92. The molecule has 3 heteroatoms. The maximum Gasteiger partial charge on any atom is 0.551 e. The highest BCUT2D eigenvalue weighted by molar-refractivity contribution is 5.93. The minimum atomic E-state index is -0.924. The zero-order chi connectivity index (χ0) is 10.0. The molecule has 0 saturated carbocycles. The van der Waals surface area contributed by atoms with E-state index in [-0.39, 0.29) is 17.3 Å². The number of nitrogen functional groups attached to an aromatic ring is 1. The number of rotatable bonds is 1. The highest BCUT2D eigenvalue weighted by atomic mass is 16.4. The van der Waals surface area contributed by atoms with Crippen molar-refractivity contribution >= 4 is 11.7 Å². The first kappa shape index (κ1) is 3.61. The molecular formula is C7H8NO2+. The van der Waals surface area contributed by atoms with E-state index in [0.29, 0.717) is 5.11 Å². The van der Waals surface area contributed by atoms with Crippen molar-refractivity contribution in [3.05, 3.63) is 29.8 Å². The van der Waals surface area contributed by atoms with Gasteiger partial charge < -0.3 is 10.8 Å². The quantitative estimate of drug-likeness (QED) is 0.450. The Balaban J connectivity index is 3.13. The van der Waals surface area contributed by atoms with E-state index in [1.807, 2.05) is 0 Å². The summed E-state index contributed by atoms with van der Waals surface area (Å²) < 4.78 is 20.5. The normalized spacial score (nSPS) is 13.0. The van der Waals surface area contributed by atoms with E-state index >= 15 is 0 Å². The first-order chi connectivity index (χ1) is 6.02. The SMILES string of the molecule is [3H]c1ccc(N)c(C(=O)[O+]([3H])[3H])c1. The van der Waals surface area contributed by atoms with Gasteiger partial charge >= 0.3 is 8.83 Å². The molecule has 0 radical (unpaired) electrons. The molecule has 0 spiro atoms. The summed E-state index contributed by atoms with van der Waals surface area (Å²) >= 11 is 0. The number of hydrogen-bond donors (Lipinski definition) is 1. The molecule has 0 amide bonds. The predicted octanol–water partition coefficient (Wildman–Crippen LogP) is 0.134. The Bertz CT molecular complexity index is 341. The van der Waals surface area contributed by atoms with E-state index in [4.69, 9.17) is 9.97 Å². The number of carbonyl (C=O) groups is 1. The summed E-state index contributed by atoms with van der Waals surface area (Å²) in [5.41, 5.74) is 5.54. The van der Waals surface area contributed by atoms with Crippen molar-refractivity contribution in [1.82, 2.24) is 0 Å². The van der Waals surface area contributed by atoms with Crippen LogP contribution in [0.15, 0.2) is 24.2 Å². The van der Waals surface area contributed by atoms with Crippen molar-refractivity contribution in [2.75, 3.05) is 5.73 Å². The van der Waals surface area contributed by atoms with Crippen molar-refractivity contribution in [2.45, 2.75) is 0 Å². The van der Waals surface area contributed by atoms with Crippen molar-refractivity contribution < 1.29 is 11.3 Å². The largest absolute Gasteiger partial charge is 0.561 e. The Labute approximate surface area is 62.5 Å². The topological polar surface area (TPSA) is 66.0 Å². The van der Waals surface area contributed by atoms with Crippen LogP contribution in [0.3, 0.4) is 0 Å². The first-order valence-electron chi connectivity index (χ1n) is 4.00. The van der Waals surface area contributed by atoms with Gasteiger partial charge in [-0.1, -0.05) is 12.1 Å². The number of anilines is 1. The van der Waals surface area contributed by atoms with Crippen LogP contribution in [0.4, 0.5) is 5.69 Å². The van der Waals surface area contributed by atoms with E-state index in [1.165, 1.54) is 18.2 Å². The summed E-state index contributed by atoms with van der Waals surface area (Å²) in [6, 6.07) is 4.13. The van der Waals surface area contributed by atoms with Crippen LogP contribution in [-0.4, -0.2) is 13.9 Å². The molecule has 0 aliphatic carbocycles. The second-order valence-corrected chi connectivity index (χ2v) is 1.80. The maximum absolute atomic E-state index is 11.1. The van der Waals surface area contributed by atoms with Gasteiger partial charge in [-0.15, -0.1) is 0 Å². The fourth-order valence-corrected chi connectivity index (χ4v) is 0.619. The summed E-state index contributed by atoms with van der Waals surface area (Å²) in [4.78, 5) is 11.1. The minimum absolute atomic E-state index is 0.0255. The van der Waals surface area contributed by atoms with Gasteiger partial charge in [0.25, 0.3) is 0 Å². The molecule has 0 saturated heterocycles. The van der Waals surface area contributed by atoms with E-state index in [9.17, 15) is 4.79 Å². The number of nitrogens with two attached hydrogens (primary N) is 1. The molecule has 3 nitrogen and oxygen atoms in total. The van der Waals surface area contributed by atoms with Crippen molar-refractivity contribution in [2.24, 2.45) is 0 Å². The number of para-hydroxylation sites is 1. The molecule has 0 aromatic heterocycles. The highest BCUT2D eigenvalue weighted by Gasteiger charge is 2.12. The van der Waals surface area contributed by atoms with Gasteiger partial charge in [-0.2, -0.15) is 0 Å². The predicted molar refractivity (Wildman–Crippen MR) is 38.8 cm³/mol. The molecule has 0 heterocycles. The Morgan fingerprint density at radius 2 is 2.60 bits per heavy atom. The average molecular weight is 144 g/mol. The highest BCUT2D eigenvalue weighted by Crippen LogP contribution is 2.08. The lowest BCUT2D eigenvalue weighted by molar-refractivity contribution is 0.0698. The lowest BCUT2D eigenvalue weighted by Crippen LogP contribution is -2.00. The van der Waals surface area contributed by atoms with Crippen LogP contribution in [0, 0.1) is 0 Å². The summed E-state index contributed by atoms with van der Waals surface area (Å²) in [6.45, 7) is 0. The standard InChI is InChI=1S/C7H7NO2/c8-6-4-2-1-3-5(6)7(9)10/h1-4H,8H2,(H,9,10)/p+1/i1T/hT2. The molecule has 10 heavy (non-hydrogen) atoms. The second-order valence-electron chi connectivity index (χ2n) is 1.80. The van der Waals surface area contributed by atoms with E-state index in [1.54, 1.807) is 0 Å². The van der Waals surface area contributed by atoms with E-state index < -0.39 is 5.97 Å². The molecule has 1 aromatic carbocycles. The molecule has 4 N–H and O–H groups in total. The zero-order valence-electron chi connectivity index (χ0n) is 8.13. The summed E-state index contributed by atoms with van der Waals surface area (Å²) in [7, 11) is 0. The molecule has 0 aliphatic rings. The van der Waals surface area contributed by atoms with Crippen LogP contribution in [0.25, 0.3) is 0 Å². The van der Waals surface area contributed by atoms with Gasteiger partial charge in [0, 0.05) is 4.79 Å². The third kappa shape index (κ3) is 1.07. The number of hydrogen-bond acceptors (Lipinski definition) is 2. The summed E-state index contributed by atoms with van der Waals surface area (Å²) in [6.07, 6.45) is 0. The van der Waals surface area contributed by atoms with E-state index in [0.717, 1.165) is 0 Å². The van der Waals surface area contributed by atoms with Gasteiger partial charge in [0.15, 0.2) is 0 Å². The van der Waals surface area contributed by atoms with Crippen molar-refractivity contribution in [3.8, 4) is 0 Å². The van der Waals surface area contributed by atoms with Gasteiger partial charge in [0.1, 0.15) is 5.56 Å². The van der Waals surface area contributed by atoms with Gasteiger partial charge in [-0.3, -0.25) is 0 Å². The Morgan fingerprint density at radius 3 is 3.30 bits per heavy atom. The molecule has 1 aromatic rings. The minimum Gasteiger partial charge on any atom is -0.561 e. The lowest BCUT2D eigenvalue weighted by atomic mass is 10.2. The van der Waals surface area contributed by atoms with E-state index in [2.05, 4.69) is 0 Å². The van der Waals surface area contributed by atoms with Gasteiger partial charge in [-0.05, 0) is 12.1 Å². The van der Waals surface area contributed by atoms with Crippen LogP contribution in [0.2, 0.25) is 0 Å². The molecule has 1 rings (SSSR count). The Kier molecular flexibility index (Phi) is 0.862. The average Bonchev–Trinajstić information content (AvgIpc) is 2.08. The van der Waals surface area contributed by atoms with Gasteiger partial charge in [0.05, 0.1) is 7.06 Å². The second kappa shape index (κ2) is 2.39. The van der Waals surface area contributed by atoms with Crippen molar-refractivity contribution in [3.63, 3.8) is 0 Å². The van der Waals surface area contributed by atoms with Crippen LogP contribution in [0.5, 0.6) is 0 Å². The maximum atomic E-state index is 11.1. The fraction of sp³-hybridized carbons (Fsp3) is 0. The number of benzene rings is 1. The molecular weight excluding hydrogens is 130 g/mol. The number of carbonyl (C=O) groups excluding carboxylic acids is 1. The van der Waals surface area contributed by atoms with Gasteiger partial charge in [0.2, 0.25) is 0 Å². The van der Waals surface area contributed by atoms with Crippen molar-refractivity contribution in [1.29, 1.82) is 2.86 Å². The Hall–Kier alpha value is -1.51. The van der Waals surface area contributed by atoms with Gasteiger partial charge in [-0.25, -0.2) is 0 Å². The smallest absolute Gasteiger partial charge is 0.551 e.